The highest BCUT2D eigenvalue weighted by Crippen LogP contribution is 2.18. The summed E-state index contributed by atoms with van der Waals surface area (Å²) in [6.45, 7) is 4.19. The SMILES string of the molecule is CNC(=O)C1CCCN1C(=O)OC(C)C. The third-order valence-corrected chi connectivity index (χ3v) is 2.37. The molecule has 0 aromatic heterocycles. The van der Waals surface area contributed by atoms with E-state index in [0.29, 0.717) is 13.0 Å². The highest BCUT2D eigenvalue weighted by Gasteiger charge is 2.34. The second kappa shape index (κ2) is 5.00. The summed E-state index contributed by atoms with van der Waals surface area (Å²) < 4.78 is 5.07. The van der Waals surface area contributed by atoms with Gasteiger partial charge in [0, 0.05) is 13.6 Å². The molecule has 0 saturated carbocycles. The molecule has 0 aromatic carbocycles. The molecule has 15 heavy (non-hydrogen) atoms. The number of carbonyl (C=O) groups excluding carboxylic acids is 2. The molecule has 0 radical (unpaired) electrons. The Labute approximate surface area is 89.8 Å². The minimum Gasteiger partial charge on any atom is -0.447 e. The Kier molecular flexibility index (Phi) is 3.94. The van der Waals surface area contributed by atoms with E-state index in [9.17, 15) is 9.59 Å². The largest absolute Gasteiger partial charge is 0.447 e. The molecule has 1 aliphatic rings. The number of ether oxygens (including phenoxy) is 1. The molecule has 1 N–H and O–H groups in total. The molecule has 86 valence electrons. The normalized spacial score (nSPS) is 20.5. The first kappa shape index (κ1) is 11.8. The zero-order chi connectivity index (χ0) is 11.4. The summed E-state index contributed by atoms with van der Waals surface area (Å²) in [5.41, 5.74) is 0. The summed E-state index contributed by atoms with van der Waals surface area (Å²) >= 11 is 0. The molecule has 0 spiro atoms. The van der Waals surface area contributed by atoms with Crippen LogP contribution in [0.15, 0.2) is 0 Å². The van der Waals surface area contributed by atoms with Gasteiger partial charge in [0.2, 0.25) is 5.91 Å². The van der Waals surface area contributed by atoms with Crippen LogP contribution in [-0.2, 0) is 9.53 Å². The van der Waals surface area contributed by atoms with Crippen molar-refractivity contribution >= 4 is 12.0 Å². The highest BCUT2D eigenvalue weighted by molar-refractivity contribution is 5.85. The highest BCUT2D eigenvalue weighted by atomic mass is 16.6. The van der Waals surface area contributed by atoms with Crippen LogP contribution >= 0.6 is 0 Å². The van der Waals surface area contributed by atoms with Crippen molar-refractivity contribution in [2.75, 3.05) is 13.6 Å². The van der Waals surface area contributed by atoms with E-state index in [-0.39, 0.29) is 18.1 Å². The monoisotopic (exact) mass is 214 g/mol. The number of hydrogen-bond donors (Lipinski definition) is 1. The Morgan fingerprint density at radius 1 is 1.47 bits per heavy atom. The number of amides is 2. The zero-order valence-electron chi connectivity index (χ0n) is 9.45. The van der Waals surface area contributed by atoms with Crippen LogP contribution in [0.1, 0.15) is 26.7 Å². The number of nitrogens with zero attached hydrogens (tertiary/aromatic N) is 1. The predicted molar refractivity (Wildman–Crippen MR) is 55.4 cm³/mol. The van der Waals surface area contributed by atoms with E-state index in [2.05, 4.69) is 5.32 Å². The molecule has 1 fully saturated rings. The molecule has 1 heterocycles. The quantitative estimate of drug-likeness (QED) is 0.737. The van der Waals surface area contributed by atoms with Crippen molar-refractivity contribution in [2.24, 2.45) is 0 Å². The lowest BCUT2D eigenvalue weighted by atomic mass is 10.2. The van der Waals surface area contributed by atoms with Gasteiger partial charge in [0.05, 0.1) is 6.10 Å². The van der Waals surface area contributed by atoms with Crippen molar-refractivity contribution in [3.05, 3.63) is 0 Å². The van der Waals surface area contributed by atoms with Crippen LogP contribution in [-0.4, -0.2) is 42.6 Å². The molecular formula is C10H18N2O3. The molecule has 0 aromatic rings. The van der Waals surface area contributed by atoms with Gasteiger partial charge in [-0.15, -0.1) is 0 Å². The Balaban J connectivity index is 2.60. The van der Waals surface area contributed by atoms with E-state index in [1.54, 1.807) is 20.9 Å². The molecule has 1 saturated heterocycles. The van der Waals surface area contributed by atoms with Crippen molar-refractivity contribution in [1.29, 1.82) is 0 Å². The number of nitrogens with one attached hydrogen (secondary N) is 1. The number of likely N-dealkylation sites (N-methyl/N-ethyl adjacent to an activating group) is 1. The molecule has 1 unspecified atom stereocenters. The molecule has 2 amide bonds. The van der Waals surface area contributed by atoms with Crippen molar-refractivity contribution in [1.82, 2.24) is 10.2 Å². The van der Waals surface area contributed by atoms with Gasteiger partial charge in [-0.2, -0.15) is 0 Å². The van der Waals surface area contributed by atoms with Crippen molar-refractivity contribution in [3.8, 4) is 0 Å². The van der Waals surface area contributed by atoms with Crippen molar-refractivity contribution in [3.63, 3.8) is 0 Å². The summed E-state index contributed by atoms with van der Waals surface area (Å²) in [5.74, 6) is -0.117. The van der Waals surface area contributed by atoms with E-state index >= 15 is 0 Å². The molecule has 1 aliphatic heterocycles. The molecule has 5 nitrogen and oxygen atoms in total. The number of likely N-dealkylation sites (tertiary alicyclic amines) is 1. The first-order chi connectivity index (χ1) is 7.06. The molecule has 1 atom stereocenters. The Hall–Kier alpha value is -1.26. The Bertz CT molecular complexity index is 253. The fraction of sp³-hybridized carbons (Fsp3) is 0.800. The van der Waals surface area contributed by atoms with Gasteiger partial charge >= 0.3 is 6.09 Å². The second-order valence-corrected chi connectivity index (χ2v) is 3.90. The number of hydrogen-bond acceptors (Lipinski definition) is 3. The lowest BCUT2D eigenvalue weighted by molar-refractivity contribution is -0.124. The van der Waals surface area contributed by atoms with Crippen LogP contribution in [0.3, 0.4) is 0 Å². The smallest absolute Gasteiger partial charge is 0.410 e. The molecule has 0 aliphatic carbocycles. The average molecular weight is 214 g/mol. The summed E-state index contributed by atoms with van der Waals surface area (Å²) in [6, 6.07) is -0.360. The fourth-order valence-corrected chi connectivity index (χ4v) is 1.69. The summed E-state index contributed by atoms with van der Waals surface area (Å²) in [5, 5.41) is 2.56. The predicted octanol–water partition coefficient (Wildman–Crippen LogP) is 0.742. The van der Waals surface area contributed by atoms with Crippen molar-refractivity contribution < 1.29 is 14.3 Å². The minimum atomic E-state index is -0.392. The van der Waals surface area contributed by atoms with Crippen LogP contribution < -0.4 is 5.32 Å². The van der Waals surface area contributed by atoms with Gasteiger partial charge in [-0.3, -0.25) is 9.69 Å². The van der Waals surface area contributed by atoms with Gasteiger partial charge in [-0.1, -0.05) is 0 Å². The Morgan fingerprint density at radius 3 is 2.67 bits per heavy atom. The van der Waals surface area contributed by atoms with Gasteiger partial charge in [0.1, 0.15) is 6.04 Å². The van der Waals surface area contributed by atoms with Crippen LogP contribution in [0.2, 0.25) is 0 Å². The van der Waals surface area contributed by atoms with Gasteiger partial charge in [0.25, 0.3) is 0 Å². The van der Waals surface area contributed by atoms with E-state index in [1.807, 2.05) is 0 Å². The van der Waals surface area contributed by atoms with Gasteiger partial charge in [-0.05, 0) is 26.7 Å². The van der Waals surface area contributed by atoms with Crippen LogP contribution in [0.4, 0.5) is 4.79 Å². The van der Waals surface area contributed by atoms with Crippen LogP contribution in [0.5, 0.6) is 0 Å². The van der Waals surface area contributed by atoms with Crippen LogP contribution in [0.25, 0.3) is 0 Å². The summed E-state index contributed by atoms with van der Waals surface area (Å²) in [6.07, 6.45) is 1.03. The van der Waals surface area contributed by atoms with E-state index in [4.69, 9.17) is 4.74 Å². The van der Waals surface area contributed by atoms with Crippen LogP contribution in [0, 0.1) is 0 Å². The second-order valence-electron chi connectivity index (χ2n) is 3.90. The third kappa shape index (κ3) is 2.84. The maximum Gasteiger partial charge on any atom is 0.410 e. The Morgan fingerprint density at radius 2 is 2.13 bits per heavy atom. The molecule has 0 bridgehead atoms. The van der Waals surface area contributed by atoms with Crippen molar-refractivity contribution in [2.45, 2.75) is 38.8 Å². The first-order valence-corrected chi connectivity index (χ1v) is 5.25. The maximum absolute atomic E-state index is 11.6. The van der Waals surface area contributed by atoms with E-state index in [0.717, 1.165) is 6.42 Å². The number of carbonyl (C=O) groups is 2. The fourth-order valence-electron chi connectivity index (χ4n) is 1.69. The van der Waals surface area contributed by atoms with Gasteiger partial charge < -0.3 is 10.1 Å². The summed E-state index contributed by atoms with van der Waals surface area (Å²) in [7, 11) is 1.58. The number of rotatable bonds is 2. The summed E-state index contributed by atoms with van der Waals surface area (Å²) in [4.78, 5) is 24.6. The average Bonchev–Trinajstić information content (AvgIpc) is 2.63. The van der Waals surface area contributed by atoms with E-state index in [1.165, 1.54) is 4.90 Å². The van der Waals surface area contributed by atoms with Gasteiger partial charge in [-0.25, -0.2) is 4.79 Å². The van der Waals surface area contributed by atoms with E-state index < -0.39 is 6.09 Å². The zero-order valence-corrected chi connectivity index (χ0v) is 9.45. The molecule has 1 rings (SSSR count). The maximum atomic E-state index is 11.6. The lowest BCUT2D eigenvalue weighted by Crippen LogP contribution is -2.45. The molecule has 5 heteroatoms. The first-order valence-electron chi connectivity index (χ1n) is 5.25. The standard InChI is InChI=1S/C10H18N2O3/c1-7(2)15-10(14)12-6-4-5-8(12)9(13)11-3/h7-8H,4-6H2,1-3H3,(H,11,13). The topological polar surface area (TPSA) is 58.6 Å². The van der Waals surface area contributed by atoms with Gasteiger partial charge in [0.15, 0.2) is 0 Å². The minimum absolute atomic E-state index is 0.117. The lowest BCUT2D eigenvalue weighted by Gasteiger charge is -2.23. The molecular weight excluding hydrogens is 196 g/mol. The third-order valence-electron chi connectivity index (χ3n) is 2.37.